The van der Waals surface area contributed by atoms with Crippen LogP contribution >= 0.6 is 24.0 Å². The number of aromatic carboxylic acids is 2. The summed E-state index contributed by atoms with van der Waals surface area (Å²) in [6.07, 6.45) is 0. The van der Waals surface area contributed by atoms with Crippen LogP contribution < -0.4 is 4.74 Å². The minimum atomic E-state index is -1.45. The van der Waals surface area contributed by atoms with E-state index in [4.69, 9.17) is 27.3 Å². The summed E-state index contributed by atoms with van der Waals surface area (Å²) in [6, 6.07) is 11.5. The van der Waals surface area contributed by atoms with Gasteiger partial charge in [-0.25, -0.2) is 14.4 Å². The summed E-state index contributed by atoms with van der Waals surface area (Å²) in [7, 11) is 0. The highest BCUT2D eigenvalue weighted by Crippen LogP contribution is 2.29. The molecule has 0 fully saturated rings. The van der Waals surface area contributed by atoms with Crippen molar-refractivity contribution in [3.05, 3.63) is 64.7 Å². The highest BCUT2D eigenvalue weighted by atomic mass is 32.2. The molecule has 148 valence electrons. The van der Waals surface area contributed by atoms with E-state index in [1.54, 1.807) is 26.0 Å². The molecule has 2 aromatic carbocycles. The fraction of sp³-hybridized carbons (Fsp3) is 0.150. The SMILES string of the molecule is CC(C)(C#N)SC(=S)c1ccc(OC(=O)c2ccc(C(=O)O)cc2C(=O)O)cc1. The normalized spacial score (nSPS) is 10.7. The second kappa shape index (κ2) is 8.86. The van der Waals surface area contributed by atoms with Gasteiger partial charge in [0.1, 0.15) is 10.5 Å². The third-order valence-electron chi connectivity index (χ3n) is 3.63. The van der Waals surface area contributed by atoms with Crippen molar-refractivity contribution in [2.75, 3.05) is 0 Å². The number of nitriles is 1. The molecule has 0 aromatic heterocycles. The predicted octanol–water partition coefficient (Wildman–Crippen LogP) is 4.01. The Morgan fingerprint density at radius 1 is 1.00 bits per heavy atom. The molecule has 2 N–H and O–H groups in total. The Morgan fingerprint density at radius 2 is 1.59 bits per heavy atom. The van der Waals surface area contributed by atoms with E-state index in [2.05, 4.69) is 6.07 Å². The van der Waals surface area contributed by atoms with E-state index in [0.717, 1.165) is 18.2 Å². The van der Waals surface area contributed by atoms with Gasteiger partial charge in [0.2, 0.25) is 0 Å². The van der Waals surface area contributed by atoms with Gasteiger partial charge in [-0.3, -0.25) is 0 Å². The van der Waals surface area contributed by atoms with Crippen LogP contribution in [0.1, 0.15) is 50.5 Å². The van der Waals surface area contributed by atoms with Crippen LogP contribution in [0.15, 0.2) is 42.5 Å². The Balaban J connectivity index is 2.20. The van der Waals surface area contributed by atoms with Crippen LogP contribution in [0, 0.1) is 11.3 Å². The van der Waals surface area contributed by atoms with Crippen LogP contribution in [0.4, 0.5) is 0 Å². The fourth-order valence-electron chi connectivity index (χ4n) is 2.17. The molecule has 0 aliphatic heterocycles. The summed E-state index contributed by atoms with van der Waals surface area (Å²) < 4.78 is 5.02. The van der Waals surface area contributed by atoms with Gasteiger partial charge in [-0.1, -0.05) is 24.0 Å². The molecule has 9 heteroatoms. The Hall–Kier alpha value is -3.22. The zero-order valence-electron chi connectivity index (χ0n) is 15.3. The predicted molar refractivity (Wildman–Crippen MR) is 111 cm³/mol. The lowest BCUT2D eigenvalue weighted by molar-refractivity contribution is 0.0666. The van der Waals surface area contributed by atoms with E-state index in [1.807, 2.05) is 0 Å². The largest absolute Gasteiger partial charge is 0.478 e. The van der Waals surface area contributed by atoms with Crippen LogP contribution in [0.5, 0.6) is 5.75 Å². The van der Waals surface area contributed by atoms with Crippen LogP contribution in [-0.2, 0) is 0 Å². The Kier molecular flexibility index (Phi) is 6.74. The van der Waals surface area contributed by atoms with Gasteiger partial charge < -0.3 is 14.9 Å². The number of ether oxygens (including phenoxy) is 1. The van der Waals surface area contributed by atoms with Crippen molar-refractivity contribution in [3.63, 3.8) is 0 Å². The van der Waals surface area contributed by atoms with Crippen molar-refractivity contribution in [1.82, 2.24) is 0 Å². The second-order valence-electron chi connectivity index (χ2n) is 6.30. The number of nitrogens with zero attached hydrogens (tertiary/aromatic N) is 1. The summed E-state index contributed by atoms with van der Waals surface area (Å²) in [4.78, 5) is 34.7. The average molecular weight is 429 g/mol. The minimum Gasteiger partial charge on any atom is -0.478 e. The molecular formula is C20H15NO6S2. The maximum Gasteiger partial charge on any atom is 0.344 e. The van der Waals surface area contributed by atoms with Crippen molar-refractivity contribution in [1.29, 1.82) is 5.26 Å². The summed E-state index contributed by atoms with van der Waals surface area (Å²) in [5, 5.41) is 27.3. The van der Waals surface area contributed by atoms with Gasteiger partial charge in [-0.2, -0.15) is 5.26 Å². The Bertz CT molecular complexity index is 1040. The average Bonchev–Trinajstić information content (AvgIpc) is 2.67. The lowest BCUT2D eigenvalue weighted by Gasteiger charge is -2.15. The molecule has 0 radical (unpaired) electrons. The van der Waals surface area contributed by atoms with Crippen LogP contribution in [-0.4, -0.2) is 37.1 Å². The molecule has 29 heavy (non-hydrogen) atoms. The lowest BCUT2D eigenvalue weighted by Crippen LogP contribution is -2.15. The zero-order valence-corrected chi connectivity index (χ0v) is 17.0. The quantitative estimate of drug-likeness (QED) is 0.398. The summed E-state index contributed by atoms with van der Waals surface area (Å²) in [5.74, 6) is -3.53. The number of carboxylic acid groups (broad SMARTS) is 2. The number of rotatable bonds is 6. The molecule has 0 atom stereocenters. The van der Waals surface area contributed by atoms with E-state index in [-0.39, 0.29) is 16.9 Å². The molecule has 7 nitrogen and oxygen atoms in total. The third kappa shape index (κ3) is 5.63. The van der Waals surface area contributed by atoms with Gasteiger partial charge in [0.25, 0.3) is 0 Å². The highest BCUT2D eigenvalue weighted by Gasteiger charge is 2.22. The molecule has 0 spiro atoms. The number of esters is 1. The number of hydrogen-bond acceptors (Lipinski definition) is 7. The maximum atomic E-state index is 12.4. The highest BCUT2D eigenvalue weighted by molar-refractivity contribution is 8.24. The number of carbonyl (C=O) groups is 3. The Morgan fingerprint density at radius 3 is 2.10 bits per heavy atom. The standard InChI is InChI=1S/C20H15NO6S2/c1-20(2,10-21)29-19(28)11-3-6-13(7-4-11)27-18(26)14-8-5-12(16(22)23)9-15(14)17(24)25/h3-9H,1-2H3,(H,22,23)(H,24,25). The summed E-state index contributed by atoms with van der Waals surface area (Å²) in [5.41, 5.74) is -0.323. The molecular weight excluding hydrogens is 414 g/mol. The Labute approximate surface area is 175 Å². The van der Waals surface area contributed by atoms with Crippen molar-refractivity contribution in [3.8, 4) is 11.8 Å². The molecule has 0 aliphatic carbocycles. The molecule has 0 amide bonds. The second-order valence-corrected chi connectivity index (χ2v) is 8.60. The first-order chi connectivity index (χ1) is 13.5. The van der Waals surface area contributed by atoms with Gasteiger partial charge in [0.05, 0.1) is 27.0 Å². The molecule has 0 bridgehead atoms. The number of hydrogen-bond donors (Lipinski definition) is 2. The van der Waals surface area contributed by atoms with Gasteiger partial charge in [-0.15, -0.1) is 0 Å². The van der Waals surface area contributed by atoms with E-state index >= 15 is 0 Å². The van der Waals surface area contributed by atoms with Gasteiger partial charge in [0.15, 0.2) is 0 Å². The number of benzene rings is 2. The van der Waals surface area contributed by atoms with Gasteiger partial charge in [-0.05, 0) is 61.9 Å². The first-order valence-corrected chi connectivity index (χ1v) is 9.34. The van der Waals surface area contributed by atoms with Crippen molar-refractivity contribution >= 4 is 46.1 Å². The first kappa shape index (κ1) is 22.1. The van der Waals surface area contributed by atoms with Crippen molar-refractivity contribution in [2.45, 2.75) is 18.6 Å². The monoisotopic (exact) mass is 429 g/mol. The number of carboxylic acids is 2. The molecule has 0 saturated carbocycles. The van der Waals surface area contributed by atoms with Gasteiger partial charge >= 0.3 is 17.9 Å². The molecule has 2 rings (SSSR count). The fourth-order valence-corrected chi connectivity index (χ4v) is 3.69. The molecule has 0 saturated heterocycles. The summed E-state index contributed by atoms with van der Waals surface area (Å²) in [6.45, 7) is 3.49. The first-order valence-electron chi connectivity index (χ1n) is 8.11. The molecule has 0 heterocycles. The zero-order chi connectivity index (χ0) is 21.8. The van der Waals surface area contributed by atoms with E-state index in [0.29, 0.717) is 9.76 Å². The number of carbonyl (C=O) groups excluding carboxylic acids is 1. The van der Waals surface area contributed by atoms with E-state index < -0.39 is 28.2 Å². The van der Waals surface area contributed by atoms with E-state index in [9.17, 15) is 19.5 Å². The minimum absolute atomic E-state index is 0.157. The third-order valence-corrected chi connectivity index (χ3v) is 5.14. The summed E-state index contributed by atoms with van der Waals surface area (Å²) >= 11 is 6.54. The number of thioether (sulfide) groups is 1. The van der Waals surface area contributed by atoms with Crippen LogP contribution in [0.3, 0.4) is 0 Å². The molecule has 0 aliphatic rings. The smallest absolute Gasteiger partial charge is 0.344 e. The molecule has 0 unspecified atom stereocenters. The van der Waals surface area contributed by atoms with Crippen molar-refractivity contribution in [2.24, 2.45) is 0 Å². The van der Waals surface area contributed by atoms with Crippen LogP contribution in [0.2, 0.25) is 0 Å². The maximum absolute atomic E-state index is 12.4. The molecule has 2 aromatic rings. The lowest BCUT2D eigenvalue weighted by atomic mass is 10.0. The van der Waals surface area contributed by atoms with Crippen molar-refractivity contribution < 1.29 is 29.3 Å². The topological polar surface area (TPSA) is 125 Å². The van der Waals surface area contributed by atoms with E-state index in [1.165, 1.54) is 23.9 Å². The number of thiocarbonyl (C=S) groups is 1. The van der Waals surface area contributed by atoms with Crippen LogP contribution in [0.25, 0.3) is 0 Å². The van der Waals surface area contributed by atoms with Gasteiger partial charge in [0, 0.05) is 0 Å².